The number of aliphatic imine (C=N–C) groups is 2. The van der Waals surface area contributed by atoms with E-state index in [9.17, 15) is 21.6 Å². The normalized spacial score (nSPS) is 14.2. The monoisotopic (exact) mass is 733 g/mol. The predicted octanol–water partition coefficient (Wildman–Crippen LogP) is 6.14. The number of rotatable bonds is 18. The first-order chi connectivity index (χ1) is 23.3. The van der Waals surface area contributed by atoms with Crippen LogP contribution < -0.4 is 4.90 Å². The van der Waals surface area contributed by atoms with Crippen molar-refractivity contribution >= 4 is 67.2 Å². The maximum Gasteiger partial charge on any atom is 0.264 e. The van der Waals surface area contributed by atoms with Crippen LogP contribution in [0.25, 0.3) is 0 Å². The summed E-state index contributed by atoms with van der Waals surface area (Å²) < 4.78 is 72.9. The standard InChI is InChI=1S/C32H35N3O11S3/c1-23-20-25(35(16-4-6-18-48(38,39)40)17-5-7-19-49(41,42)43)12-15-29(23)34-30-21-31(32(36)28-9-3-2-8-27(28)30)44-22-33-24-10-13-26(14-11-24)47-46-45-37/h2-3,8-15,20-22,37H,4-7,16-19H2,1H3,(H,38,39,40)(H,41,42,43)/b33-22-,34-30?. The van der Waals surface area contributed by atoms with Gasteiger partial charge in [0, 0.05) is 40.9 Å². The average molecular weight is 734 g/mol. The van der Waals surface area contributed by atoms with Gasteiger partial charge >= 0.3 is 0 Å². The van der Waals surface area contributed by atoms with Crippen LogP contribution in [0.4, 0.5) is 17.1 Å². The Labute approximate surface area is 288 Å². The molecule has 1 aliphatic rings. The number of fused-ring (bicyclic) bond motifs is 1. The summed E-state index contributed by atoms with van der Waals surface area (Å²) in [6.07, 6.45) is 4.11. The summed E-state index contributed by atoms with van der Waals surface area (Å²) in [6, 6.07) is 19.3. The van der Waals surface area contributed by atoms with Gasteiger partial charge < -0.3 is 9.64 Å². The Bertz CT molecular complexity index is 1890. The summed E-state index contributed by atoms with van der Waals surface area (Å²) in [4.78, 5) is 25.0. The fourth-order valence-corrected chi connectivity index (χ4v) is 6.40. The lowest BCUT2D eigenvalue weighted by atomic mass is 9.93. The summed E-state index contributed by atoms with van der Waals surface area (Å²) in [5, 5.41) is 11.9. The number of ketones is 1. The van der Waals surface area contributed by atoms with Gasteiger partial charge in [-0.3, -0.25) is 13.9 Å². The van der Waals surface area contributed by atoms with Crippen LogP contribution >= 0.6 is 12.0 Å². The number of carbonyl (C=O) groups excluding carboxylic acids is 1. The van der Waals surface area contributed by atoms with E-state index in [0.29, 0.717) is 59.0 Å². The maximum atomic E-state index is 13.3. The van der Waals surface area contributed by atoms with Crippen LogP contribution in [0.3, 0.4) is 0 Å². The lowest BCUT2D eigenvalue weighted by Gasteiger charge is -2.26. The molecule has 3 aromatic carbocycles. The van der Waals surface area contributed by atoms with Crippen LogP contribution in [0.1, 0.15) is 47.2 Å². The number of carbonyl (C=O) groups is 1. The molecule has 0 radical (unpaired) electrons. The lowest BCUT2D eigenvalue weighted by Crippen LogP contribution is -2.26. The summed E-state index contributed by atoms with van der Waals surface area (Å²) >= 11 is 0.806. The SMILES string of the molecule is Cc1cc(N(CCCCS(=O)(=O)O)CCCCS(=O)(=O)O)ccc1N=C1C=C(O/C=N\c2ccc(SOOO)cc2)C(=O)c2ccccc21. The molecule has 0 spiro atoms. The zero-order valence-corrected chi connectivity index (χ0v) is 28.8. The second-order valence-electron chi connectivity index (χ2n) is 10.9. The fraction of sp³-hybridized carbons (Fsp3) is 0.281. The first-order valence-electron chi connectivity index (χ1n) is 15.0. The Morgan fingerprint density at radius 2 is 1.49 bits per heavy atom. The molecule has 17 heteroatoms. The van der Waals surface area contributed by atoms with E-state index >= 15 is 0 Å². The first-order valence-corrected chi connectivity index (χ1v) is 18.9. The highest BCUT2D eigenvalue weighted by molar-refractivity contribution is 7.94. The van der Waals surface area contributed by atoms with E-state index in [2.05, 4.69) is 14.4 Å². The number of aryl methyl sites for hydroxylation is 1. The Morgan fingerprint density at radius 3 is 2.08 bits per heavy atom. The predicted molar refractivity (Wildman–Crippen MR) is 186 cm³/mol. The summed E-state index contributed by atoms with van der Waals surface area (Å²) in [6.45, 7) is 2.77. The molecule has 4 rings (SSSR count). The van der Waals surface area contributed by atoms with Crippen molar-refractivity contribution in [3.8, 4) is 0 Å². The molecule has 1 aliphatic carbocycles. The molecule has 0 amide bonds. The fourth-order valence-electron chi connectivity index (χ4n) is 4.91. The van der Waals surface area contributed by atoms with Crippen molar-refractivity contribution in [3.63, 3.8) is 0 Å². The van der Waals surface area contributed by atoms with Crippen LogP contribution in [0.2, 0.25) is 0 Å². The molecule has 0 bridgehead atoms. The number of nitrogens with zero attached hydrogens (tertiary/aromatic N) is 3. The van der Waals surface area contributed by atoms with Gasteiger partial charge in [-0.2, -0.15) is 16.8 Å². The van der Waals surface area contributed by atoms with Crippen molar-refractivity contribution in [3.05, 3.63) is 95.3 Å². The van der Waals surface area contributed by atoms with Gasteiger partial charge in [0.05, 0.1) is 40.6 Å². The van der Waals surface area contributed by atoms with Gasteiger partial charge in [-0.05, 0) is 80.6 Å². The number of benzene rings is 3. The van der Waals surface area contributed by atoms with Crippen LogP contribution in [-0.4, -0.2) is 73.7 Å². The van der Waals surface area contributed by atoms with Crippen molar-refractivity contribution in [2.75, 3.05) is 29.5 Å². The molecule has 0 heterocycles. The third-order valence-corrected chi connectivity index (χ3v) is 9.47. The highest BCUT2D eigenvalue weighted by Gasteiger charge is 2.25. The Kier molecular flexibility index (Phi) is 13.6. The van der Waals surface area contributed by atoms with Crippen molar-refractivity contribution in [2.45, 2.75) is 37.5 Å². The second-order valence-corrected chi connectivity index (χ2v) is 14.8. The van der Waals surface area contributed by atoms with Gasteiger partial charge in [0.2, 0.25) is 5.78 Å². The van der Waals surface area contributed by atoms with E-state index in [1.165, 1.54) is 0 Å². The summed E-state index contributed by atoms with van der Waals surface area (Å²) in [5.74, 6) is -1.03. The molecule has 262 valence electrons. The van der Waals surface area contributed by atoms with E-state index in [1.807, 2.05) is 30.0 Å². The molecular weight excluding hydrogens is 699 g/mol. The minimum absolute atomic E-state index is 0.0251. The third kappa shape index (κ3) is 12.2. The highest BCUT2D eigenvalue weighted by Crippen LogP contribution is 2.30. The van der Waals surface area contributed by atoms with Crippen molar-refractivity contribution in [1.29, 1.82) is 0 Å². The topological polar surface area (TPSA) is 202 Å². The number of unbranched alkanes of at least 4 members (excludes halogenated alkanes) is 2. The maximum absolute atomic E-state index is 13.3. The number of ether oxygens (including phenoxy) is 1. The Balaban J connectivity index is 1.55. The quantitative estimate of drug-likeness (QED) is 0.0256. The molecule has 3 aromatic rings. The van der Waals surface area contributed by atoms with Gasteiger partial charge in [-0.1, -0.05) is 29.3 Å². The van der Waals surface area contributed by atoms with Crippen molar-refractivity contribution in [2.24, 2.45) is 9.98 Å². The van der Waals surface area contributed by atoms with E-state index in [4.69, 9.17) is 24.1 Å². The van der Waals surface area contributed by atoms with E-state index < -0.39 is 20.2 Å². The van der Waals surface area contributed by atoms with Gasteiger partial charge in [0.15, 0.2) is 12.2 Å². The van der Waals surface area contributed by atoms with Gasteiger partial charge in [-0.15, -0.1) is 4.33 Å². The van der Waals surface area contributed by atoms with Gasteiger partial charge in [0.25, 0.3) is 20.2 Å². The molecule has 0 unspecified atom stereocenters. The minimum atomic E-state index is -4.09. The van der Waals surface area contributed by atoms with Crippen molar-refractivity contribution in [1.82, 2.24) is 0 Å². The number of hydrogen-bond donors (Lipinski definition) is 3. The van der Waals surface area contributed by atoms with Crippen LogP contribution in [-0.2, 0) is 34.3 Å². The summed E-state index contributed by atoms with van der Waals surface area (Å²) in [7, 11) is -8.17. The van der Waals surface area contributed by atoms with Crippen LogP contribution in [0, 0.1) is 6.92 Å². The summed E-state index contributed by atoms with van der Waals surface area (Å²) in [5.41, 5.74) is 4.30. The average Bonchev–Trinajstić information content (AvgIpc) is 3.05. The van der Waals surface area contributed by atoms with Crippen LogP contribution in [0.5, 0.6) is 0 Å². The third-order valence-electron chi connectivity index (χ3n) is 7.27. The molecule has 0 atom stereocenters. The molecule has 0 aromatic heterocycles. The van der Waals surface area contributed by atoms with Crippen molar-refractivity contribution < 1.29 is 50.1 Å². The first kappa shape index (κ1) is 37.9. The molecule has 3 N–H and O–H groups in total. The molecule has 0 aliphatic heterocycles. The van der Waals surface area contributed by atoms with Gasteiger partial charge in [0.1, 0.15) is 0 Å². The Hall–Kier alpha value is -3.94. The lowest BCUT2D eigenvalue weighted by molar-refractivity contribution is -0.432. The number of Topliss-reactive ketones (excluding diaryl/α,β-unsaturated/α-hetero) is 1. The largest absolute Gasteiger partial charge is 0.442 e. The molecule has 0 saturated carbocycles. The number of anilines is 1. The molecule has 0 saturated heterocycles. The minimum Gasteiger partial charge on any atom is -0.442 e. The molecule has 49 heavy (non-hydrogen) atoms. The number of hydrogen-bond acceptors (Lipinski definition) is 13. The second kappa shape index (κ2) is 17.6. The van der Waals surface area contributed by atoms with E-state index in [-0.39, 0.29) is 35.9 Å². The van der Waals surface area contributed by atoms with Crippen LogP contribution in [0.15, 0.2) is 93.4 Å². The van der Waals surface area contributed by atoms with E-state index in [0.717, 1.165) is 29.7 Å². The Morgan fingerprint density at radius 1 is 0.857 bits per heavy atom. The molecule has 14 nitrogen and oxygen atoms in total. The highest BCUT2D eigenvalue weighted by atomic mass is 32.2. The van der Waals surface area contributed by atoms with Gasteiger partial charge in [-0.25, -0.2) is 15.2 Å². The molecular formula is C32H35N3O11S3. The van der Waals surface area contributed by atoms with E-state index in [1.54, 1.807) is 54.6 Å². The zero-order chi connectivity index (χ0) is 35.4. The molecule has 0 fully saturated rings. The number of allylic oxidation sites excluding steroid dienone is 2. The zero-order valence-electron chi connectivity index (χ0n) is 26.3. The smallest absolute Gasteiger partial charge is 0.264 e.